The largest absolute Gasteiger partial charge is 0.435 e. The van der Waals surface area contributed by atoms with E-state index in [-0.39, 0.29) is 5.75 Å². The number of alkyl halides is 2. The van der Waals surface area contributed by atoms with E-state index in [0.717, 1.165) is 24.2 Å². The van der Waals surface area contributed by atoms with Crippen LogP contribution in [0.5, 0.6) is 5.75 Å². The molecule has 1 aromatic rings. The van der Waals surface area contributed by atoms with Crippen LogP contribution >= 0.6 is 0 Å². The molecule has 1 unspecified atom stereocenters. The Morgan fingerprint density at radius 3 is 2.71 bits per heavy atom. The quantitative estimate of drug-likeness (QED) is 0.603. The fraction of sp³-hybridized carbons (Fsp3) is 0.647. The molecule has 21 heavy (non-hydrogen) atoms. The molecule has 1 aliphatic rings. The maximum absolute atomic E-state index is 12.3. The number of unbranched alkanes of at least 4 members (excludes halogenated alkanes) is 5. The van der Waals surface area contributed by atoms with Gasteiger partial charge in [-0.3, -0.25) is 0 Å². The standard InChI is InChI=1S/C17H25F2NO/c1-2-3-4-5-6-7-8-13-12-20-16-10-9-14(11-15(13)16)21-17(18)19/h9-11,13,17,20H,2-8,12H2,1H3. The first kappa shape index (κ1) is 16.1. The lowest BCUT2D eigenvalue weighted by Gasteiger charge is -2.11. The third-order valence-electron chi connectivity index (χ3n) is 4.13. The van der Waals surface area contributed by atoms with Crippen LogP contribution < -0.4 is 10.1 Å². The Labute approximate surface area is 125 Å². The molecule has 2 nitrogen and oxygen atoms in total. The van der Waals surface area contributed by atoms with Gasteiger partial charge < -0.3 is 10.1 Å². The van der Waals surface area contributed by atoms with Crippen molar-refractivity contribution < 1.29 is 13.5 Å². The van der Waals surface area contributed by atoms with Crippen LogP contribution in [0.4, 0.5) is 14.5 Å². The molecule has 0 saturated heterocycles. The van der Waals surface area contributed by atoms with Gasteiger partial charge in [-0.1, -0.05) is 45.4 Å². The van der Waals surface area contributed by atoms with Crippen LogP contribution in [-0.2, 0) is 0 Å². The van der Waals surface area contributed by atoms with Gasteiger partial charge >= 0.3 is 6.61 Å². The van der Waals surface area contributed by atoms with Gasteiger partial charge in [0, 0.05) is 18.2 Å². The molecule has 4 heteroatoms. The number of hydrogen-bond donors (Lipinski definition) is 1. The zero-order valence-electron chi connectivity index (χ0n) is 12.7. The van der Waals surface area contributed by atoms with Crippen LogP contribution in [0, 0.1) is 0 Å². The number of nitrogens with one attached hydrogen (secondary N) is 1. The molecule has 0 spiro atoms. The molecule has 0 radical (unpaired) electrons. The van der Waals surface area contributed by atoms with Gasteiger partial charge in [-0.25, -0.2) is 0 Å². The summed E-state index contributed by atoms with van der Waals surface area (Å²) < 4.78 is 29.1. The third kappa shape index (κ3) is 4.87. The fourth-order valence-corrected chi connectivity index (χ4v) is 2.99. The lowest BCUT2D eigenvalue weighted by Crippen LogP contribution is -2.03. The van der Waals surface area contributed by atoms with Gasteiger partial charge in [0.15, 0.2) is 0 Å². The molecule has 0 aromatic heterocycles. The van der Waals surface area contributed by atoms with Crippen molar-refractivity contribution in [1.29, 1.82) is 0 Å². The van der Waals surface area contributed by atoms with Crippen LogP contribution in [-0.4, -0.2) is 13.2 Å². The van der Waals surface area contributed by atoms with Crippen molar-refractivity contribution in [3.05, 3.63) is 23.8 Å². The predicted molar refractivity (Wildman–Crippen MR) is 82.3 cm³/mol. The predicted octanol–water partition coefficient (Wildman–Crippen LogP) is 5.55. The summed E-state index contributed by atoms with van der Waals surface area (Å²) in [5, 5.41) is 3.35. The Balaban J connectivity index is 1.82. The molecule has 1 aromatic carbocycles. The number of halogens is 2. The molecule has 118 valence electrons. The zero-order valence-corrected chi connectivity index (χ0v) is 12.7. The average Bonchev–Trinajstić information content (AvgIpc) is 2.85. The van der Waals surface area contributed by atoms with Crippen LogP contribution in [0.2, 0.25) is 0 Å². The molecule has 1 heterocycles. The van der Waals surface area contributed by atoms with Crippen molar-refractivity contribution in [2.24, 2.45) is 0 Å². The van der Waals surface area contributed by atoms with Crippen LogP contribution in [0.1, 0.15) is 63.4 Å². The van der Waals surface area contributed by atoms with Crippen molar-refractivity contribution in [1.82, 2.24) is 0 Å². The highest BCUT2D eigenvalue weighted by Gasteiger charge is 2.22. The Morgan fingerprint density at radius 1 is 1.19 bits per heavy atom. The summed E-state index contributed by atoms with van der Waals surface area (Å²) in [6.45, 7) is 0.372. The monoisotopic (exact) mass is 297 g/mol. The van der Waals surface area contributed by atoms with Gasteiger partial charge in [0.1, 0.15) is 5.75 Å². The Morgan fingerprint density at radius 2 is 1.95 bits per heavy atom. The fourth-order valence-electron chi connectivity index (χ4n) is 2.99. The van der Waals surface area contributed by atoms with E-state index in [1.165, 1.54) is 38.5 Å². The number of benzene rings is 1. The average molecular weight is 297 g/mol. The molecule has 0 fully saturated rings. The van der Waals surface area contributed by atoms with E-state index in [1.54, 1.807) is 12.1 Å². The van der Waals surface area contributed by atoms with E-state index in [0.29, 0.717) is 5.92 Å². The number of anilines is 1. The first-order valence-corrected chi connectivity index (χ1v) is 8.03. The number of ether oxygens (including phenoxy) is 1. The smallest absolute Gasteiger partial charge is 0.387 e. The zero-order chi connectivity index (χ0) is 15.1. The molecule has 1 aliphatic heterocycles. The molecule has 0 aliphatic carbocycles. The van der Waals surface area contributed by atoms with Crippen LogP contribution in [0.3, 0.4) is 0 Å². The Hall–Kier alpha value is -1.32. The van der Waals surface area contributed by atoms with Crippen molar-refractivity contribution in [2.75, 3.05) is 11.9 Å². The van der Waals surface area contributed by atoms with E-state index in [9.17, 15) is 8.78 Å². The molecule has 1 atom stereocenters. The lowest BCUT2D eigenvalue weighted by molar-refractivity contribution is -0.0498. The van der Waals surface area contributed by atoms with Gasteiger partial charge in [0.25, 0.3) is 0 Å². The topological polar surface area (TPSA) is 21.3 Å². The summed E-state index contributed by atoms with van der Waals surface area (Å²) in [4.78, 5) is 0. The molecule has 0 bridgehead atoms. The second-order valence-electron chi connectivity index (χ2n) is 5.76. The first-order valence-electron chi connectivity index (χ1n) is 8.03. The van der Waals surface area contributed by atoms with Gasteiger partial charge in [-0.2, -0.15) is 8.78 Å². The minimum Gasteiger partial charge on any atom is -0.435 e. The summed E-state index contributed by atoms with van der Waals surface area (Å²) in [7, 11) is 0. The first-order chi connectivity index (χ1) is 10.2. The van der Waals surface area contributed by atoms with E-state index in [1.807, 2.05) is 6.07 Å². The van der Waals surface area contributed by atoms with Crippen molar-refractivity contribution in [2.45, 2.75) is 64.4 Å². The highest BCUT2D eigenvalue weighted by molar-refractivity contribution is 5.60. The number of fused-ring (bicyclic) bond motifs is 1. The molecule has 0 amide bonds. The minimum atomic E-state index is -2.76. The highest BCUT2D eigenvalue weighted by Crippen LogP contribution is 2.37. The number of hydrogen-bond acceptors (Lipinski definition) is 2. The van der Waals surface area contributed by atoms with Gasteiger partial charge in [-0.15, -0.1) is 0 Å². The number of rotatable bonds is 9. The maximum Gasteiger partial charge on any atom is 0.387 e. The van der Waals surface area contributed by atoms with Crippen LogP contribution in [0.25, 0.3) is 0 Å². The third-order valence-corrected chi connectivity index (χ3v) is 4.13. The molecule has 0 saturated carbocycles. The van der Waals surface area contributed by atoms with Gasteiger partial charge in [-0.05, 0) is 30.2 Å². The summed E-state index contributed by atoms with van der Waals surface area (Å²) in [6, 6.07) is 5.21. The second-order valence-corrected chi connectivity index (χ2v) is 5.76. The van der Waals surface area contributed by atoms with Crippen molar-refractivity contribution >= 4 is 5.69 Å². The van der Waals surface area contributed by atoms with Crippen LogP contribution in [0.15, 0.2) is 18.2 Å². The summed E-state index contributed by atoms with van der Waals surface area (Å²) in [5.74, 6) is 0.688. The normalized spacial score (nSPS) is 16.9. The van der Waals surface area contributed by atoms with E-state index < -0.39 is 6.61 Å². The SMILES string of the molecule is CCCCCCCCC1CNc2ccc(OC(F)F)cc21. The molecule has 1 N–H and O–H groups in total. The highest BCUT2D eigenvalue weighted by atomic mass is 19.3. The summed E-state index contributed by atoms with van der Waals surface area (Å²) in [5.41, 5.74) is 2.19. The van der Waals surface area contributed by atoms with E-state index in [2.05, 4.69) is 17.0 Å². The van der Waals surface area contributed by atoms with E-state index in [4.69, 9.17) is 0 Å². The summed E-state index contributed by atoms with van der Waals surface area (Å²) in [6.07, 6.45) is 8.80. The Kier molecular flexibility index (Phi) is 6.27. The second kappa shape index (κ2) is 8.20. The van der Waals surface area contributed by atoms with Gasteiger partial charge in [0.05, 0.1) is 0 Å². The van der Waals surface area contributed by atoms with Gasteiger partial charge in [0.2, 0.25) is 0 Å². The summed E-state index contributed by atoms with van der Waals surface area (Å²) >= 11 is 0. The maximum atomic E-state index is 12.3. The molecular formula is C17H25F2NO. The molecular weight excluding hydrogens is 272 g/mol. The lowest BCUT2D eigenvalue weighted by atomic mass is 9.94. The molecule has 2 rings (SSSR count). The van der Waals surface area contributed by atoms with Crippen molar-refractivity contribution in [3.63, 3.8) is 0 Å². The minimum absolute atomic E-state index is 0.264. The van der Waals surface area contributed by atoms with E-state index >= 15 is 0 Å². The Bertz CT molecular complexity index is 437. The van der Waals surface area contributed by atoms with Crippen molar-refractivity contribution in [3.8, 4) is 5.75 Å².